The molecule has 1 saturated carbocycles. The highest BCUT2D eigenvalue weighted by atomic mass is 16.5. The number of rotatable bonds is 4. The summed E-state index contributed by atoms with van der Waals surface area (Å²) in [5.41, 5.74) is 10.0. The summed E-state index contributed by atoms with van der Waals surface area (Å²) in [5.74, 6) is 1.27. The van der Waals surface area contributed by atoms with Crippen molar-refractivity contribution in [3.63, 3.8) is 0 Å². The third-order valence-electron chi connectivity index (χ3n) is 5.67. The topological polar surface area (TPSA) is 64.3 Å². The minimum absolute atomic E-state index is 0.0994. The molecule has 0 radical (unpaired) electrons. The molecule has 3 N–H and O–H groups in total. The van der Waals surface area contributed by atoms with Crippen LogP contribution >= 0.6 is 0 Å². The van der Waals surface area contributed by atoms with Gasteiger partial charge >= 0.3 is 0 Å². The Labute approximate surface area is 157 Å². The molecule has 4 heteroatoms. The summed E-state index contributed by atoms with van der Waals surface area (Å²) in [5, 5.41) is 3.58. The van der Waals surface area contributed by atoms with Gasteiger partial charge in [0.05, 0.1) is 7.11 Å². The fraction of sp³-hybridized carbons (Fsp3) is 0.591. The zero-order valence-electron chi connectivity index (χ0n) is 16.4. The first kappa shape index (κ1) is 19.0. The first-order valence-corrected chi connectivity index (χ1v) is 9.87. The molecule has 4 nitrogen and oxygen atoms in total. The molecule has 0 bridgehead atoms. The summed E-state index contributed by atoms with van der Waals surface area (Å²) in [6.45, 7) is 4.76. The maximum Gasteiger partial charge on any atom is 0.160 e. The number of carbonyl (C=O) groups is 1. The second kappa shape index (κ2) is 7.83. The van der Waals surface area contributed by atoms with Crippen LogP contribution in [0.25, 0.3) is 5.70 Å². The monoisotopic (exact) mass is 356 g/mol. The van der Waals surface area contributed by atoms with Gasteiger partial charge in [-0.25, -0.2) is 0 Å². The first-order valence-electron chi connectivity index (χ1n) is 9.87. The molecule has 2 aliphatic rings. The number of ketones is 1. The van der Waals surface area contributed by atoms with E-state index in [-0.39, 0.29) is 17.2 Å². The van der Waals surface area contributed by atoms with Gasteiger partial charge in [0.25, 0.3) is 0 Å². The average Bonchev–Trinajstić information content (AvgIpc) is 2.89. The molecular weight excluding hydrogens is 324 g/mol. The lowest BCUT2D eigenvalue weighted by atomic mass is 9.83. The Hall–Kier alpha value is -1.81. The van der Waals surface area contributed by atoms with Gasteiger partial charge in [0.2, 0.25) is 0 Å². The van der Waals surface area contributed by atoms with E-state index in [9.17, 15) is 4.79 Å². The van der Waals surface area contributed by atoms with E-state index in [4.69, 9.17) is 10.5 Å². The van der Waals surface area contributed by atoms with Crippen LogP contribution in [0.15, 0.2) is 18.2 Å². The molecule has 142 valence electrons. The van der Waals surface area contributed by atoms with Gasteiger partial charge in [-0.1, -0.05) is 25.7 Å². The zero-order chi connectivity index (χ0) is 18.7. The highest BCUT2D eigenvalue weighted by Gasteiger charge is 2.30. The van der Waals surface area contributed by atoms with Crippen molar-refractivity contribution < 1.29 is 9.53 Å². The molecule has 1 aromatic rings. The molecule has 0 amide bonds. The first-order chi connectivity index (χ1) is 12.4. The quantitative estimate of drug-likeness (QED) is 0.633. The van der Waals surface area contributed by atoms with E-state index in [1.807, 2.05) is 6.08 Å². The Morgan fingerprint density at radius 2 is 1.96 bits per heavy atom. The summed E-state index contributed by atoms with van der Waals surface area (Å²) < 4.78 is 5.51. The van der Waals surface area contributed by atoms with Crippen molar-refractivity contribution in [2.24, 2.45) is 11.7 Å². The van der Waals surface area contributed by atoms with Gasteiger partial charge in [-0.15, -0.1) is 0 Å². The lowest BCUT2D eigenvalue weighted by Crippen LogP contribution is -2.44. The van der Waals surface area contributed by atoms with Crippen molar-refractivity contribution >= 4 is 11.5 Å². The number of hydrogen-bond acceptors (Lipinski definition) is 4. The molecule has 3 rings (SSSR count). The summed E-state index contributed by atoms with van der Waals surface area (Å²) >= 11 is 0. The maximum atomic E-state index is 13.0. The van der Waals surface area contributed by atoms with E-state index < -0.39 is 0 Å². The highest BCUT2D eigenvalue weighted by Crippen LogP contribution is 2.35. The van der Waals surface area contributed by atoms with Crippen LogP contribution in [0.5, 0.6) is 5.75 Å². The van der Waals surface area contributed by atoms with Crippen molar-refractivity contribution in [1.29, 1.82) is 0 Å². The fourth-order valence-corrected chi connectivity index (χ4v) is 4.30. The predicted molar refractivity (Wildman–Crippen MR) is 106 cm³/mol. The zero-order valence-corrected chi connectivity index (χ0v) is 16.4. The van der Waals surface area contributed by atoms with Crippen molar-refractivity contribution in [3.05, 3.63) is 34.9 Å². The number of benzene rings is 1. The summed E-state index contributed by atoms with van der Waals surface area (Å²) in [7, 11) is 1.68. The Kier molecular flexibility index (Phi) is 5.71. The number of methoxy groups -OCH3 is 1. The van der Waals surface area contributed by atoms with Crippen LogP contribution in [0.1, 0.15) is 69.1 Å². The van der Waals surface area contributed by atoms with Gasteiger partial charge in [0.15, 0.2) is 5.78 Å². The molecule has 1 aromatic carbocycles. The predicted octanol–water partition coefficient (Wildman–Crippen LogP) is 3.96. The van der Waals surface area contributed by atoms with E-state index in [0.29, 0.717) is 6.54 Å². The number of hydrogen-bond donors (Lipinski definition) is 2. The van der Waals surface area contributed by atoms with Crippen molar-refractivity contribution in [1.82, 2.24) is 5.32 Å². The van der Waals surface area contributed by atoms with Crippen LogP contribution in [-0.4, -0.2) is 18.4 Å². The number of fused-ring (bicyclic) bond motifs is 1. The molecule has 0 aromatic heterocycles. The van der Waals surface area contributed by atoms with E-state index in [1.165, 1.54) is 31.2 Å². The molecule has 0 saturated heterocycles. The Balaban J connectivity index is 1.97. The summed E-state index contributed by atoms with van der Waals surface area (Å²) in [4.78, 5) is 13.0. The Morgan fingerprint density at radius 1 is 1.27 bits per heavy atom. The molecule has 0 spiro atoms. The lowest BCUT2D eigenvalue weighted by molar-refractivity contribution is -0.118. The standard InChI is InChI=1S/C22H32N2O2/c1-22(2)13-16-11-21(26-3)17(14-23)10-18(16)19(24-22)12-20(25)15-8-6-4-5-7-9-15/h10-12,15,24H,4-9,13-14,23H2,1-3H3. The molecule has 1 fully saturated rings. The minimum Gasteiger partial charge on any atom is -0.496 e. The van der Waals surface area contributed by atoms with Gasteiger partial charge in [-0.3, -0.25) is 4.79 Å². The largest absolute Gasteiger partial charge is 0.496 e. The van der Waals surface area contributed by atoms with Crippen LogP contribution < -0.4 is 15.8 Å². The number of carbonyl (C=O) groups excluding carboxylic acids is 1. The molecule has 1 aliphatic heterocycles. The van der Waals surface area contributed by atoms with Gasteiger partial charge in [-0.2, -0.15) is 0 Å². The minimum atomic E-state index is -0.0994. The lowest BCUT2D eigenvalue weighted by Gasteiger charge is -2.36. The van der Waals surface area contributed by atoms with Gasteiger partial charge < -0.3 is 15.8 Å². The Bertz CT molecular complexity index is 698. The molecule has 0 unspecified atom stereocenters. The van der Waals surface area contributed by atoms with Gasteiger partial charge in [-0.05, 0) is 50.8 Å². The van der Waals surface area contributed by atoms with Crippen molar-refractivity contribution in [3.8, 4) is 5.75 Å². The van der Waals surface area contributed by atoms with Crippen molar-refractivity contribution in [2.45, 2.75) is 70.9 Å². The number of allylic oxidation sites excluding steroid dienone is 1. The summed E-state index contributed by atoms with van der Waals surface area (Å²) in [6.07, 6.45) is 9.64. The highest BCUT2D eigenvalue weighted by molar-refractivity contribution is 5.98. The smallest absolute Gasteiger partial charge is 0.160 e. The van der Waals surface area contributed by atoms with E-state index in [1.54, 1.807) is 7.11 Å². The number of nitrogens with two attached hydrogens (primary N) is 1. The molecule has 1 heterocycles. The maximum absolute atomic E-state index is 13.0. The molecule has 26 heavy (non-hydrogen) atoms. The van der Waals surface area contributed by atoms with Crippen molar-refractivity contribution in [2.75, 3.05) is 7.11 Å². The van der Waals surface area contributed by atoms with Gasteiger partial charge in [0, 0.05) is 40.9 Å². The van der Waals surface area contributed by atoms with Crippen LogP contribution in [0, 0.1) is 5.92 Å². The van der Waals surface area contributed by atoms with Crippen LogP contribution in [0.4, 0.5) is 0 Å². The average molecular weight is 357 g/mol. The second-order valence-corrected chi connectivity index (χ2v) is 8.36. The van der Waals surface area contributed by atoms with Crippen LogP contribution in [0.3, 0.4) is 0 Å². The second-order valence-electron chi connectivity index (χ2n) is 8.36. The molecular formula is C22H32N2O2. The van der Waals surface area contributed by atoms with E-state index >= 15 is 0 Å². The number of nitrogens with one attached hydrogen (secondary N) is 1. The fourth-order valence-electron chi connectivity index (χ4n) is 4.30. The number of ether oxygens (including phenoxy) is 1. The molecule has 0 atom stereocenters. The summed E-state index contributed by atoms with van der Waals surface area (Å²) in [6, 6.07) is 4.17. The SMILES string of the molecule is COc1cc2c(cc1CN)C(=CC(=O)C1CCCCCC1)NC(C)(C)C2. The third-order valence-corrected chi connectivity index (χ3v) is 5.67. The van der Waals surface area contributed by atoms with E-state index in [0.717, 1.165) is 41.8 Å². The molecule has 1 aliphatic carbocycles. The van der Waals surface area contributed by atoms with Crippen LogP contribution in [-0.2, 0) is 17.8 Å². The van der Waals surface area contributed by atoms with Gasteiger partial charge in [0.1, 0.15) is 5.75 Å². The van der Waals surface area contributed by atoms with Crippen LogP contribution in [0.2, 0.25) is 0 Å². The normalized spacial score (nSPS) is 21.6. The third kappa shape index (κ3) is 4.12. The Morgan fingerprint density at radius 3 is 2.58 bits per heavy atom. The van der Waals surface area contributed by atoms with E-state index in [2.05, 4.69) is 31.3 Å².